The van der Waals surface area contributed by atoms with Crippen LogP contribution in [0.2, 0.25) is 0 Å². The van der Waals surface area contributed by atoms with Crippen molar-refractivity contribution in [1.82, 2.24) is 4.90 Å². The molecule has 0 bridgehead atoms. The van der Waals surface area contributed by atoms with Crippen molar-refractivity contribution in [3.8, 4) is 6.07 Å². The number of benzene rings is 1. The molecule has 6 nitrogen and oxygen atoms in total. The third-order valence-electron chi connectivity index (χ3n) is 3.36. The van der Waals surface area contributed by atoms with Gasteiger partial charge in [-0.3, -0.25) is 4.90 Å². The first-order chi connectivity index (χ1) is 10.2. The Labute approximate surface area is 128 Å². The van der Waals surface area contributed by atoms with Gasteiger partial charge in [-0.25, -0.2) is 9.59 Å². The van der Waals surface area contributed by atoms with Gasteiger partial charge in [0.25, 0.3) is 0 Å². The molecule has 0 saturated heterocycles. The highest BCUT2D eigenvalue weighted by molar-refractivity contribution is 5.82. The Balaban J connectivity index is 2.37. The van der Waals surface area contributed by atoms with Crippen molar-refractivity contribution in [2.75, 3.05) is 6.54 Å². The van der Waals surface area contributed by atoms with Gasteiger partial charge in [0, 0.05) is 6.54 Å². The van der Waals surface area contributed by atoms with E-state index in [9.17, 15) is 14.7 Å². The molecule has 0 fully saturated rings. The van der Waals surface area contributed by atoms with Gasteiger partial charge in [0.15, 0.2) is 6.04 Å². The number of rotatable bonds is 1. The fourth-order valence-corrected chi connectivity index (χ4v) is 2.48. The van der Waals surface area contributed by atoms with E-state index in [0.29, 0.717) is 17.5 Å². The van der Waals surface area contributed by atoms with Gasteiger partial charge in [0.2, 0.25) is 0 Å². The Bertz CT molecular complexity index is 655. The number of nitriles is 1. The Kier molecular flexibility index (Phi) is 4.09. The summed E-state index contributed by atoms with van der Waals surface area (Å²) >= 11 is 0. The van der Waals surface area contributed by atoms with Crippen molar-refractivity contribution in [3.05, 3.63) is 34.9 Å². The molecule has 1 aliphatic heterocycles. The van der Waals surface area contributed by atoms with E-state index in [-0.39, 0.29) is 6.54 Å². The highest BCUT2D eigenvalue weighted by Crippen LogP contribution is 2.31. The molecule has 0 spiro atoms. The minimum Gasteiger partial charge on any atom is -0.479 e. The number of ether oxygens (including phenoxy) is 1. The number of carbonyl (C=O) groups excluding carboxylic acids is 1. The second-order valence-corrected chi connectivity index (χ2v) is 6.19. The van der Waals surface area contributed by atoms with Crippen LogP contribution in [-0.2, 0) is 16.0 Å². The third kappa shape index (κ3) is 3.19. The van der Waals surface area contributed by atoms with Crippen molar-refractivity contribution >= 4 is 12.1 Å². The fraction of sp³-hybridized carbons (Fsp3) is 0.438. The van der Waals surface area contributed by atoms with Gasteiger partial charge in [-0.1, -0.05) is 6.07 Å². The van der Waals surface area contributed by atoms with E-state index in [0.717, 1.165) is 5.56 Å². The number of carboxylic acids is 1. The topological polar surface area (TPSA) is 90.6 Å². The number of hydrogen-bond donors (Lipinski definition) is 1. The number of carboxylic acid groups (broad SMARTS) is 1. The largest absolute Gasteiger partial charge is 0.479 e. The molecular formula is C16H18N2O4. The molecule has 0 saturated carbocycles. The molecule has 0 aromatic heterocycles. The number of amides is 1. The number of nitrogens with zero attached hydrogens (tertiary/aromatic N) is 2. The predicted octanol–water partition coefficient (Wildman–Crippen LogP) is 2.48. The molecule has 1 heterocycles. The lowest BCUT2D eigenvalue weighted by Gasteiger charge is -2.35. The molecule has 2 rings (SSSR count). The van der Waals surface area contributed by atoms with E-state index in [1.807, 2.05) is 6.07 Å². The van der Waals surface area contributed by atoms with E-state index in [1.54, 1.807) is 39.0 Å². The normalized spacial score (nSPS) is 17.4. The molecule has 1 aliphatic rings. The van der Waals surface area contributed by atoms with Gasteiger partial charge in [-0.05, 0) is 50.5 Å². The van der Waals surface area contributed by atoms with Crippen molar-refractivity contribution in [2.45, 2.75) is 38.8 Å². The smallest absolute Gasteiger partial charge is 0.411 e. The van der Waals surface area contributed by atoms with Gasteiger partial charge >= 0.3 is 12.1 Å². The van der Waals surface area contributed by atoms with E-state index >= 15 is 0 Å². The molecule has 1 atom stereocenters. The highest BCUT2D eigenvalue weighted by Gasteiger charge is 2.38. The Morgan fingerprint density at radius 2 is 2.09 bits per heavy atom. The van der Waals surface area contributed by atoms with Crippen molar-refractivity contribution in [2.24, 2.45) is 0 Å². The van der Waals surface area contributed by atoms with Crippen LogP contribution in [0.25, 0.3) is 0 Å². The molecular weight excluding hydrogens is 284 g/mol. The van der Waals surface area contributed by atoms with Crippen LogP contribution in [0.4, 0.5) is 4.79 Å². The zero-order chi connectivity index (χ0) is 16.5. The maximum absolute atomic E-state index is 12.2. The van der Waals surface area contributed by atoms with Crippen LogP contribution in [0.1, 0.15) is 43.5 Å². The molecule has 1 amide bonds. The number of aliphatic carboxylic acids is 1. The highest BCUT2D eigenvalue weighted by atomic mass is 16.6. The van der Waals surface area contributed by atoms with Crippen LogP contribution in [0.15, 0.2) is 18.2 Å². The van der Waals surface area contributed by atoms with Gasteiger partial charge in [-0.2, -0.15) is 5.26 Å². The fourth-order valence-electron chi connectivity index (χ4n) is 2.48. The minimum absolute atomic E-state index is 0.244. The molecule has 0 radical (unpaired) electrons. The summed E-state index contributed by atoms with van der Waals surface area (Å²) < 4.78 is 5.29. The molecule has 1 aromatic rings. The summed E-state index contributed by atoms with van der Waals surface area (Å²) in [7, 11) is 0. The van der Waals surface area contributed by atoms with Crippen molar-refractivity contribution < 1.29 is 19.4 Å². The van der Waals surface area contributed by atoms with Gasteiger partial charge in [0.1, 0.15) is 5.60 Å². The molecule has 116 valence electrons. The lowest BCUT2D eigenvalue weighted by molar-refractivity contribution is -0.143. The predicted molar refractivity (Wildman–Crippen MR) is 78.2 cm³/mol. The number of fused-ring (bicyclic) bond motifs is 1. The van der Waals surface area contributed by atoms with Crippen molar-refractivity contribution in [3.63, 3.8) is 0 Å². The summed E-state index contributed by atoms with van der Waals surface area (Å²) in [6, 6.07) is 5.78. The van der Waals surface area contributed by atoms with Crippen LogP contribution >= 0.6 is 0 Å². The Morgan fingerprint density at radius 3 is 2.64 bits per heavy atom. The molecule has 0 unspecified atom stereocenters. The third-order valence-corrected chi connectivity index (χ3v) is 3.36. The minimum atomic E-state index is -1.11. The lowest BCUT2D eigenvalue weighted by atomic mass is 9.91. The maximum atomic E-state index is 12.2. The molecule has 22 heavy (non-hydrogen) atoms. The second-order valence-electron chi connectivity index (χ2n) is 6.19. The van der Waals surface area contributed by atoms with Gasteiger partial charge in [-0.15, -0.1) is 0 Å². The maximum Gasteiger partial charge on any atom is 0.411 e. The first kappa shape index (κ1) is 15.8. The summed E-state index contributed by atoms with van der Waals surface area (Å²) in [5, 5.41) is 18.4. The zero-order valence-corrected chi connectivity index (χ0v) is 12.8. The summed E-state index contributed by atoms with van der Waals surface area (Å²) in [5.41, 5.74) is 1.11. The average molecular weight is 302 g/mol. The summed E-state index contributed by atoms with van der Waals surface area (Å²) in [6.45, 7) is 5.45. The summed E-state index contributed by atoms with van der Waals surface area (Å²) in [6.07, 6.45) is -0.150. The van der Waals surface area contributed by atoms with Gasteiger partial charge < -0.3 is 9.84 Å². The van der Waals surface area contributed by atoms with Crippen LogP contribution < -0.4 is 0 Å². The summed E-state index contributed by atoms with van der Waals surface area (Å²) in [5.74, 6) is -1.11. The van der Waals surface area contributed by atoms with Crippen LogP contribution in [-0.4, -0.2) is 34.2 Å². The molecule has 1 aromatic carbocycles. The van der Waals surface area contributed by atoms with E-state index < -0.39 is 23.7 Å². The lowest BCUT2D eigenvalue weighted by Crippen LogP contribution is -2.45. The second kappa shape index (κ2) is 5.68. The van der Waals surface area contributed by atoms with Crippen LogP contribution in [0.3, 0.4) is 0 Å². The molecule has 1 N–H and O–H groups in total. The van der Waals surface area contributed by atoms with Crippen LogP contribution in [0, 0.1) is 11.3 Å². The monoisotopic (exact) mass is 302 g/mol. The van der Waals surface area contributed by atoms with E-state index in [1.165, 1.54) is 4.90 Å². The molecule has 6 heteroatoms. The first-order valence-electron chi connectivity index (χ1n) is 6.98. The van der Waals surface area contributed by atoms with E-state index in [4.69, 9.17) is 10.00 Å². The zero-order valence-electron chi connectivity index (χ0n) is 12.8. The Hall–Kier alpha value is -2.55. The van der Waals surface area contributed by atoms with Crippen LogP contribution in [0.5, 0.6) is 0 Å². The number of carbonyl (C=O) groups is 2. The summed E-state index contributed by atoms with van der Waals surface area (Å²) in [4.78, 5) is 25.1. The van der Waals surface area contributed by atoms with E-state index in [2.05, 4.69) is 0 Å². The van der Waals surface area contributed by atoms with Gasteiger partial charge in [0.05, 0.1) is 11.6 Å². The first-order valence-corrected chi connectivity index (χ1v) is 6.98. The molecule has 0 aliphatic carbocycles. The average Bonchev–Trinajstić information content (AvgIpc) is 2.43. The number of hydrogen-bond acceptors (Lipinski definition) is 4. The SMILES string of the molecule is CC(C)(C)OC(=O)N1CCc2cc(C#N)ccc2[C@H]1C(=O)O. The van der Waals surface area contributed by atoms with Crippen molar-refractivity contribution in [1.29, 1.82) is 5.26 Å². The Morgan fingerprint density at radius 1 is 1.41 bits per heavy atom. The standard InChI is InChI=1S/C16H18N2O4/c1-16(2,3)22-15(21)18-7-6-11-8-10(9-17)4-5-12(11)13(18)14(19)20/h4-5,8,13H,6-7H2,1-3H3,(H,19,20)/t13-/m0/s1. The quantitative estimate of drug-likeness (QED) is 0.860.